The zero-order valence-electron chi connectivity index (χ0n) is 12.6. The Hall–Kier alpha value is -2.89. The van der Waals surface area contributed by atoms with Crippen LogP contribution >= 0.6 is 0 Å². The van der Waals surface area contributed by atoms with Gasteiger partial charge in [0.2, 0.25) is 0 Å². The van der Waals surface area contributed by atoms with E-state index in [1.54, 1.807) is 18.5 Å². The number of nitrogens with zero attached hydrogens (tertiary/aromatic N) is 4. The lowest BCUT2D eigenvalue weighted by molar-refractivity contribution is 0.102. The number of hydrogen-bond donors (Lipinski definition) is 1. The first-order valence-corrected chi connectivity index (χ1v) is 7.75. The van der Waals surface area contributed by atoms with E-state index < -0.39 is 0 Å². The van der Waals surface area contributed by atoms with Gasteiger partial charge in [-0.1, -0.05) is 0 Å². The number of imidazole rings is 1. The van der Waals surface area contributed by atoms with E-state index >= 15 is 0 Å². The summed E-state index contributed by atoms with van der Waals surface area (Å²) < 4.78 is 1.82. The molecule has 6 heteroatoms. The summed E-state index contributed by atoms with van der Waals surface area (Å²) in [4.78, 5) is 23.1. The third-order valence-corrected chi connectivity index (χ3v) is 4.11. The minimum atomic E-state index is -0.179. The van der Waals surface area contributed by atoms with E-state index in [-0.39, 0.29) is 5.91 Å². The molecule has 116 valence electrons. The molecule has 3 aromatic heterocycles. The Labute approximate surface area is 133 Å². The number of fused-ring (bicyclic) bond motifs is 1. The monoisotopic (exact) mass is 307 g/mol. The second kappa shape index (κ2) is 5.72. The first-order chi connectivity index (χ1) is 11.3. The molecule has 0 aliphatic carbocycles. The maximum atomic E-state index is 12.3. The minimum absolute atomic E-state index is 0.179. The van der Waals surface area contributed by atoms with Gasteiger partial charge >= 0.3 is 0 Å². The molecule has 1 saturated heterocycles. The van der Waals surface area contributed by atoms with Crippen molar-refractivity contribution < 1.29 is 4.79 Å². The lowest BCUT2D eigenvalue weighted by Crippen LogP contribution is -2.18. The number of nitrogens with one attached hydrogen (secondary N) is 1. The second-order valence-corrected chi connectivity index (χ2v) is 5.66. The van der Waals surface area contributed by atoms with E-state index in [0.717, 1.165) is 24.4 Å². The van der Waals surface area contributed by atoms with Crippen LogP contribution < -0.4 is 10.2 Å². The fraction of sp³-hybridized carbons (Fsp3) is 0.235. The Bertz CT molecular complexity index is 834. The van der Waals surface area contributed by atoms with Crippen LogP contribution in [-0.4, -0.2) is 33.4 Å². The van der Waals surface area contributed by atoms with Crippen LogP contribution in [0, 0.1) is 0 Å². The van der Waals surface area contributed by atoms with Crippen LogP contribution in [0.1, 0.15) is 23.2 Å². The standard InChI is InChI=1S/C17H17N5O/c23-17(13-3-6-16-18-7-10-22(16)12-13)20-15-5-4-14(11-19-15)21-8-1-2-9-21/h3-7,10-12H,1-2,8-9H2,(H,19,20,23). The lowest BCUT2D eigenvalue weighted by atomic mass is 10.2. The Morgan fingerprint density at radius 2 is 1.96 bits per heavy atom. The van der Waals surface area contributed by atoms with Crippen LogP contribution in [0.4, 0.5) is 11.5 Å². The van der Waals surface area contributed by atoms with Crippen LogP contribution in [0.2, 0.25) is 0 Å². The molecule has 0 saturated carbocycles. The van der Waals surface area contributed by atoms with Crippen molar-refractivity contribution in [3.63, 3.8) is 0 Å². The van der Waals surface area contributed by atoms with E-state index in [4.69, 9.17) is 0 Å². The fourth-order valence-electron chi connectivity index (χ4n) is 2.87. The molecule has 3 aromatic rings. The minimum Gasteiger partial charge on any atom is -0.370 e. The van der Waals surface area contributed by atoms with Crippen molar-refractivity contribution in [2.24, 2.45) is 0 Å². The summed E-state index contributed by atoms with van der Waals surface area (Å²) in [5.41, 5.74) is 2.50. The summed E-state index contributed by atoms with van der Waals surface area (Å²) >= 11 is 0. The molecule has 1 fully saturated rings. The highest BCUT2D eigenvalue weighted by Crippen LogP contribution is 2.20. The largest absolute Gasteiger partial charge is 0.370 e. The molecule has 0 bridgehead atoms. The van der Waals surface area contributed by atoms with Gasteiger partial charge in [0, 0.05) is 31.7 Å². The number of carbonyl (C=O) groups is 1. The third-order valence-electron chi connectivity index (χ3n) is 4.11. The fourth-order valence-corrected chi connectivity index (χ4v) is 2.87. The molecule has 0 unspecified atom stereocenters. The molecule has 1 amide bonds. The van der Waals surface area contributed by atoms with Crippen molar-refractivity contribution in [3.05, 3.63) is 54.6 Å². The van der Waals surface area contributed by atoms with Crippen molar-refractivity contribution in [1.82, 2.24) is 14.4 Å². The molecule has 6 nitrogen and oxygen atoms in total. The first-order valence-electron chi connectivity index (χ1n) is 7.75. The maximum Gasteiger partial charge on any atom is 0.258 e. The van der Waals surface area contributed by atoms with Gasteiger partial charge in [0.05, 0.1) is 17.4 Å². The quantitative estimate of drug-likeness (QED) is 0.808. The molecule has 1 N–H and O–H groups in total. The van der Waals surface area contributed by atoms with Gasteiger partial charge in [-0.05, 0) is 37.1 Å². The van der Waals surface area contributed by atoms with Gasteiger partial charge in [-0.25, -0.2) is 9.97 Å². The van der Waals surface area contributed by atoms with Gasteiger partial charge in [0.15, 0.2) is 0 Å². The summed E-state index contributed by atoms with van der Waals surface area (Å²) in [5, 5.41) is 2.83. The van der Waals surface area contributed by atoms with Crippen molar-refractivity contribution >= 4 is 23.1 Å². The van der Waals surface area contributed by atoms with Gasteiger partial charge in [0.1, 0.15) is 11.5 Å². The van der Waals surface area contributed by atoms with E-state index in [2.05, 4.69) is 20.2 Å². The molecule has 23 heavy (non-hydrogen) atoms. The summed E-state index contributed by atoms with van der Waals surface area (Å²) in [6, 6.07) is 7.43. The number of rotatable bonds is 3. The van der Waals surface area contributed by atoms with Crippen molar-refractivity contribution in [1.29, 1.82) is 0 Å². The second-order valence-electron chi connectivity index (χ2n) is 5.66. The molecular weight excluding hydrogens is 290 g/mol. The summed E-state index contributed by atoms with van der Waals surface area (Å²) in [7, 11) is 0. The number of carbonyl (C=O) groups excluding carboxylic acids is 1. The van der Waals surface area contributed by atoms with Gasteiger partial charge in [-0.2, -0.15) is 0 Å². The Balaban J connectivity index is 1.49. The summed E-state index contributed by atoms with van der Waals surface area (Å²) in [6.45, 7) is 2.16. The first kappa shape index (κ1) is 13.8. The van der Waals surface area contributed by atoms with Crippen molar-refractivity contribution in [2.45, 2.75) is 12.8 Å². The Morgan fingerprint density at radius 1 is 1.09 bits per heavy atom. The molecule has 0 aromatic carbocycles. The van der Waals surface area contributed by atoms with Crippen LogP contribution in [0.3, 0.4) is 0 Å². The number of hydrogen-bond acceptors (Lipinski definition) is 4. The van der Waals surface area contributed by atoms with Crippen LogP contribution in [0.5, 0.6) is 0 Å². The number of amides is 1. The molecule has 0 spiro atoms. The average Bonchev–Trinajstić information content (AvgIpc) is 3.26. The molecule has 1 aliphatic rings. The highest BCUT2D eigenvalue weighted by molar-refractivity contribution is 6.03. The zero-order chi connectivity index (χ0) is 15.6. The van der Waals surface area contributed by atoms with E-state index in [9.17, 15) is 4.79 Å². The predicted octanol–water partition coefficient (Wildman–Crippen LogP) is 2.58. The van der Waals surface area contributed by atoms with Crippen molar-refractivity contribution in [3.8, 4) is 0 Å². The van der Waals surface area contributed by atoms with E-state index in [1.807, 2.05) is 35.0 Å². The predicted molar refractivity (Wildman–Crippen MR) is 88.8 cm³/mol. The zero-order valence-corrected chi connectivity index (χ0v) is 12.6. The Morgan fingerprint density at radius 3 is 2.74 bits per heavy atom. The summed E-state index contributed by atoms with van der Waals surface area (Å²) in [5.74, 6) is 0.380. The van der Waals surface area contributed by atoms with Gasteiger partial charge in [-0.15, -0.1) is 0 Å². The smallest absolute Gasteiger partial charge is 0.258 e. The number of aromatic nitrogens is 3. The van der Waals surface area contributed by atoms with Crippen LogP contribution in [-0.2, 0) is 0 Å². The molecule has 4 heterocycles. The number of anilines is 2. The lowest BCUT2D eigenvalue weighted by Gasteiger charge is -2.17. The normalized spacial score (nSPS) is 14.3. The number of pyridine rings is 2. The van der Waals surface area contributed by atoms with E-state index in [0.29, 0.717) is 11.4 Å². The van der Waals surface area contributed by atoms with Gasteiger partial charge in [0.25, 0.3) is 5.91 Å². The topological polar surface area (TPSA) is 62.5 Å². The SMILES string of the molecule is O=C(Nc1ccc(N2CCCC2)cn1)c1ccc2nccn2c1. The van der Waals surface area contributed by atoms with Crippen LogP contribution in [0.15, 0.2) is 49.1 Å². The van der Waals surface area contributed by atoms with Crippen LogP contribution in [0.25, 0.3) is 5.65 Å². The molecule has 4 rings (SSSR count). The molecule has 0 atom stereocenters. The summed E-state index contributed by atoms with van der Waals surface area (Å²) in [6.07, 6.45) is 9.56. The van der Waals surface area contributed by atoms with E-state index in [1.165, 1.54) is 12.8 Å². The van der Waals surface area contributed by atoms with Gasteiger partial charge in [-0.3, -0.25) is 4.79 Å². The Kier molecular flexibility index (Phi) is 3.42. The van der Waals surface area contributed by atoms with Gasteiger partial charge < -0.3 is 14.6 Å². The highest BCUT2D eigenvalue weighted by Gasteiger charge is 2.13. The molecule has 1 aliphatic heterocycles. The third kappa shape index (κ3) is 2.75. The molecule has 0 radical (unpaired) electrons. The van der Waals surface area contributed by atoms with Crippen molar-refractivity contribution in [2.75, 3.05) is 23.3 Å². The highest BCUT2D eigenvalue weighted by atomic mass is 16.1. The average molecular weight is 307 g/mol. The molecular formula is C17H17N5O. The maximum absolute atomic E-state index is 12.3.